The molecule has 1 aliphatic rings. The Hall–Kier alpha value is -3.35. The number of nitrogens with one attached hydrogen (secondary N) is 2. The highest BCUT2D eigenvalue weighted by Gasteiger charge is 2.38. The molecular formula is C28H36ClN5O6S. The zero-order valence-corrected chi connectivity index (χ0v) is 25.8. The highest BCUT2D eigenvalue weighted by molar-refractivity contribution is 7.88. The van der Waals surface area contributed by atoms with Crippen LogP contribution in [0.15, 0.2) is 30.5 Å². The van der Waals surface area contributed by atoms with Crippen molar-refractivity contribution < 1.29 is 27.4 Å². The molecule has 1 aromatic heterocycles. The first kappa shape index (κ1) is 30.6. The molecule has 3 aromatic rings. The molecule has 2 unspecified atom stereocenters. The van der Waals surface area contributed by atoms with Gasteiger partial charge in [-0.05, 0) is 51.8 Å². The number of sulfonamides is 1. The number of rotatable bonds is 8. The summed E-state index contributed by atoms with van der Waals surface area (Å²) < 4.78 is 42.4. The number of amides is 1. The van der Waals surface area contributed by atoms with Crippen molar-refractivity contribution in [3.63, 3.8) is 0 Å². The first-order valence-electron chi connectivity index (χ1n) is 13.1. The number of hydrogen-bond donors (Lipinski definition) is 2. The zero-order chi connectivity index (χ0) is 30.1. The van der Waals surface area contributed by atoms with E-state index >= 15 is 0 Å². The van der Waals surface area contributed by atoms with Crippen molar-refractivity contribution in [3.05, 3.63) is 41.0 Å². The second-order valence-corrected chi connectivity index (χ2v) is 13.3. The van der Waals surface area contributed by atoms with Crippen LogP contribution < -0.4 is 19.5 Å². The standard InChI is InChI=1S/C28H36ClN5O6S/c1-16-22(38-5)12-23(39-6)25(29)24(16)17-8-9-21-18(10-17)13-30-26(33-21)32-19-11-20(14-31-41(7,36)37)34(15-19)27(35)40-28(2,3)4/h8-10,12-13,19-20,31H,11,14-15H2,1-7H3,(H,30,32,33). The van der Waals surface area contributed by atoms with E-state index in [1.807, 2.05) is 25.1 Å². The summed E-state index contributed by atoms with van der Waals surface area (Å²) in [5.74, 6) is 1.58. The number of aromatic nitrogens is 2. The lowest BCUT2D eigenvalue weighted by Crippen LogP contribution is -2.45. The maximum Gasteiger partial charge on any atom is 0.410 e. The summed E-state index contributed by atoms with van der Waals surface area (Å²) in [5.41, 5.74) is 2.58. The van der Waals surface area contributed by atoms with Crippen molar-refractivity contribution in [2.75, 3.05) is 38.9 Å². The molecule has 1 fully saturated rings. The number of anilines is 1. The molecule has 41 heavy (non-hydrogen) atoms. The molecular weight excluding hydrogens is 570 g/mol. The highest BCUT2D eigenvalue weighted by Crippen LogP contribution is 2.43. The van der Waals surface area contributed by atoms with E-state index in [4.69, 9.17) is 25.8 Å². The van der Waals surface area contributed by atoms with Crippen molar-refractivity contribution in [3.8, 4) is 22.6 Å². The molecule has 2 atom stereocenters. The molecule has 0 aliphatic carbocycles. The molecule has 1 amide bonds. The number of likely N-dealkylation sites (tertiary alicyclic amines) is 1. The van der Waals surface area contributed by atoms with Crippen molar-refractivity contribution in [2.24, 2.45) is 0 Å². The average Bonchev–Trinajstić information content (AvgIpc) is 3.29. The van der Waals surface area contributed by atoms with Crippen LogP contribution in [0.1, 0.15) is 32.8 Å². The molecule has 0 saturated carbocycles. The Morgan fingerprint density at radius 2 is 1.88 bits per heavy atom. The monoisotopic (exact) mass is 605 g/mol. The number of benzene rings is 2. The van der Waals surface area contributed by atoms with E-state index in [0.717, 1.165) is 28.3 Å². The lowest BCUT2D eigenvalue weighted by Gasteiger charge is -2.28. The van der Waals surface area contributed by atoms with Gasteiger partial charge in [0.15, 0.2) is 0 Å². The van der Waals surface area contributed by atoms with Gasteiger partial charge in [-0.25, -0.2) is 27.9 Å². The molecule has 222 valence electrons. The van der Waals surface area contributed by atoms with E-state index in [0.29, 0.717) is 41.0 Å². The Kier molecular flexibility index (Phi) is 8.86. The molecule has 13 heteroatoms. The summed E-state index contributed by atoms with van der Waals surface area (Å²) in [4.78, 5) is 23.6. The van der Waals surface area contributed by atoms with Crippen molar-refractivity contribution in [1.82, 2.24) is 19.6 Å². The van der Waals surface area contributed by atoms with Crippen LogP contribution in [0.3, 0.4) is 0 Å². The highest BCUT2D eigenvalue weighted by atomic mass is 35.5. The number of nitrogens with zero attached hydrogens (tertiary/aromatic N) is 3. The number of hydrogen-bond acceptors (Lipinski definition) is 9. The fraction of sp³-hybridized carbons (Fsp3) is 0.464. The fourth-order valence-electron chi connectivity index (χ4n) is 4.85. The Bertz CT molecular complexity index is 1530. The van der Waals surface area contributed by atoms with Gasteiger partial charge in [0.05, 0.1) is 37.1 Å². The maximum absolute atomic E-state index is 12.9. The van der Waals surface area contributed by atoms with Gasteiger partial charge >= 0.3 is 6.09 Å². The van der Waals surface area contributed by atoms with Crippen LogP contribution in [0, 0.1) is 6.92 Å². The first-order chi connectivity index (χ1) is 19.2. The largest absolute Gasteiger partial charge is 0.496 e. The molecule has 1 aliphatic heterocycles. The molecule has 4 rings (SSSR count). The van der Waals surface area contributed by atoms with Gasteiger partial charge in [-0.3, -0.25) is 0 Å². The van der Waals surface area contributed by atoms with Crippen LogP contribution in [-0.2, 0) is 14.8 Å². The summed E-state index contributed by atoms with van der Waals surface area (Å²) in [5, 5.41) is 4.59. The Labute approximate surface area is 245 Å². The molecule has 0 radical (unpaired) electrons. The third-order valence-electron chi connectivity index (χ3n) is 6.71. The van der Waals surface area contributed by atoms with Gasteiger partial charge in [0.25, 0.3) is 0 Å². The van der Waals surface area contributed by atoms with E-state index in [1.54, 1.807) is 52.2 Å². The number of ether oxygens (including phenoxy) is 3. The van der Waals surface area contributed by atoms with Crippen LogP contribution in [0.4, 0.5) is 10.7 Å². The fourth-order valence-corrected chi connectivity index (χ4v) is 5.73. The van der Waals surface area contributed by atoms with Crippen LogP contribution in [0.25, 0.3) is 22.0 Å². The smallest absolute Gasteiger partial charge is 0.410 e. The Balaban J connectivity index is 1.57. The Morgan fingerprint density at radius 3 is 2.51 bits per heavy atom. The second-order valence-electron chi connectivity index (χ2n) is 11.0. The molecule has 0 spiro atoms. The predicted octanol–water partition coefficient (Wildman–Crippen LogP) is 4.61. The minimum atomic E-state index is -3.43. The topological polar surface area (TPSA) is 132 Å². The van der Waals surface area contributed by atoms with Gasteiger partial charge in [0, 0.05) is 47.9 Å². The van der Waals surface area contributed by atoms with Crippen molar-refractivity contribution >= 4 is 44.6 Å². The van der Waals surface area contributed by atoms with Crippen LogP contribution in [-0.4, -0.2) is 80.6 Å². The molecule has 1 saturated heterocycles. The predicted molar refractivity (Wildman–Crippen MR) is 159 cm³/mol. The van der Waals surface area contributed by atoms with Gasteiger partial charge in [-0.2, -0.15) is 0 Å². The van der Waals surface area contributed by atoms with E-state index in [2.05, 4.69) is 20.0 Å². The molecule has 2 aromatic carbocycles. The number of halogens is 1. The minimum absolute atomic E-state index is 0.0780. The van der Waals surface area contributed by atoms with Crippen LogP contribution in [0.5, 0.6) is 11.5 Å². The normalized spacial score (nSPS) is 17.5. The number of carbonyl (C=O) groups is 1. The average molecular weight is 606 g/mol. The van der Waals surface area contributed by atoms with Gasteiger partial charge in [-0.15, -0.1) is 0 Å². The van der Waals surface area contributed by atoms with E-state index < -0.39 is 27.8 Å². The van der Waals surface area contributed by atoms with E-state index in [-0.39, 0.29) is 12.6 Å². The van der Waals surface area contributed by atoms with Crippen molar-refractivity contribution in [1.29, 1.82) is 0 Å². The quantitative estimate of drug-likeness (QED) is 0.377. The second kappa shape index (κ2) is 11.9. The van der Waals surface area contributed by atoms with Crippen molar-refractivity contribution in [2.45, 2.75) is 51.8 Å². The Morgan fingerprint density at radius 1 is 1.17 bits per heavy atom. The summed E-state index contributed by atoms with van der Waals surface area (Å²) >= 11 is 6.68. The maximum atomic E-state index is 12.9. The third kappa shape index (κ3) is 7.30. The SMILES string of the molecule is COc1cc(OC)c(Cl)c(-c2ccc3nc(NC4CC(CNS(C)(=O)=O)N(C(=O)OC(C)(C)C)C4)ncc3c2)c1C. The minimum Gasteiger partial charge on any atom is -0.496 e. The van der Waals surface area contributed by atoms with Crippen LogP contribution in [0.2, 0.25) is 5.02 Å². The lowest BCUT2D eigenvalue weighted by molar-refractivity contribution is 0.0228. The third-order valence-corrected chi connectivity index (χ3v) is 7.77. The number of fused-ring (bicyclic) bond motifs is 1. The number of methoxy groups -OCH3 is 2. The molecule has 2 N–H and O–H groups in total. The first-order valence-corrected chi connectivity index (χ1v) is 15.3. The van der Waals surface area contributed by atoms with Gasteiger partial charge in [-0.1, -0.05) is 17.7 Å². The zero-order valence-electron chi connectivity index (χ0n) is 24.2. The molecule has 2 heterocycles. The van der Waals surface area contributed by atoms with Gasteiger partial charge in [0.1, 0.15) is 17.1 Å². The molecule has 0 bridgehead atoms. The summed E-state index contributed by atoms with van der Waals surface area (Å²) in [6.45, 7) is 7.68. The number of carbonyl (C=O) groups excluding carboxylic acids is 1. The van der Waals surface area contributed by atoms with Gasteiger partial charge < -0.3 is 24.4 Å². The van der Waals surface area contributed by atoms with E-state index in [1.165, 1.54) is 0 Å². The summed E-state index contributed by atoms with van der Waals surface area (Å²) in [7, 11) is -0.269. The van der Waals surface area contributed by atoms with Crippen LogP contribution >= 0.6 is 11.6 Å². The molecule has 11 nitrogen and oxygen atoms in total. The van der Waals surface area contributed by atoms with E-state index in [9.17, 15) is 13.2 Å². The van der Waals surface area contributed by atoms with Gasteiger partial charge in [0.2, 0.25) is 16.0 Å². The summed E-state index contributed by atoms with van der Waals surface area (Å²) in [6.07, 6.45) is 2.79. The lowest BCUT2D eigenvalue weighted by atomic mass is 9.98. The summed E-state index contributed by atoms with van der Waals surface area (Å²) in [6, 6.07) is 6.93.